The first kappa shape index (κ1) is 17.1. The van der Waals surface area contributed by atoms with Crippen LogP contribution in [-0.2, 0) is 16.1 Å². The van der Waals surface area contributed by atoms with Crippen LogP contribution in [0.1, 0.15) is 32.1 Å². The summed E-state index contributed by atoms with van der Waals surface area (Å²) in [5.74, 6) is -0.772. The van der Waals surface area contributed by atoms with E-state index < -0.39 is 5.97 Å². The summed E-state index contributed by atoms with van der Waals surface area (Å²) in [5, 5.41) is 8.67. The highest BCUT2D eigenvalue weighted by molar-refractivity contribution is 5.76. The minimum atomic E-state index is -0.963. The highest BCUT2D eigenvalue weighted by Crippen LogP contribution is 2.10. The number of aryl methyl sites for hydroxylation is 1. The van der Waals surface area contributed by atoms with Gasteiger partial charge >= 0.3 is 5.97 Å². The molecule has 2 heterocycles. The van der Waals surface area contributed by atoms with Crippen LogP contribution in [0.5, 0.6) is 5.75 Å². The number of likely N-dealkylation sites (tertiary alicyclic amines) is 1. The topological polar surface area (TPSA) is 88.8 Å². The van der Waals surface area contributed by atoms with Gasteiger partial charge < -0.3 is 19.3 Å². The second kappa shape index (κ2) is 8.36. The molecule has 1 aliphatic heterocycles. The summed E-state index contributed by atoms with van der Waals surface area (Å²) in [6, 6.07) is 3.16. The van der Waals surface area contributed by atoms with Gasteiger partial charge in [0, 0.05) is 25.8 Å². The third kappa shape index (κ3) is 5.12. The number of carbonyl (C=O) groups excluding carboxylic acids is 1. The van der Waals surface area contributed by atoms with Gasteiger partial charge in [0.1, 0.15) is 0 Å². The molecule has 0 atom stereocenters. The molecule has 1 amide bonds. The van der Waals surface area contributed by atoms with Gasteiger partial charge in [0.25, 0.3) is 5.56 Å². The van der Waals surface area contributed by atoms with Crippen molar-refractivity contribution in [1.82, 2.24) is 9.47 Å². The van der Waals surface area contributed by atoms with Crippen LogP contribution in [0.3, 0.4) is 0 Å². The van der Waals surface area contributed by atoms with Gasteiger partial charge in [0.2, 0.25) is 5.91 Å². The van der Waals surface area contributed by atoms with Gasteiger partial charge in [-0.15, -0.1) is 0 Å². The summed E-state index contributed by atoms with van der Waals surface area (Å²) in [6.45, 7) is 1.84. The minimum absolute atomic E-state index is 0.0480. The molecule has 1 N–H and O–H groups in total. The number of aromatic nitrogens is 1. The van der Waals surface area contributed by atoms with Crippen molar-refractivity contribution in [2.24, 2.45) is 0 Å². The van der Waals surface area contributed by atoms with Crippen molar-refractivity contribution in [2.45, 2.75) is 38.6 Å². The lowest BCUT2D eigenvalue weighted by atomic mass is 10.1. The van der Waals surface area contributed by atoms with Crippen LogP contribution in [0.4, 0.5) is 0 Å². The van der Waals surface area contributed by atoms with Crippen LogP contribution >= 0.6 is 0 Å². The van der Waals surface area contributed by atoms with Gasteiger partial charge in [-0.05, 0) is 31.4 Å². The van der Waals surface area contributed by atoms with Crippen molar-refractivity contribution in [3.63, 3.8) is 0 Å². The lowest BCUT2D eigenvalue weighted by Crippen LogP contribution is -2.36. The van der Waals surface area contributed by atoms with E-state index in [0.29, 0.717) is 0 Å². The summed E-state index contributed by atoms with van der Waals surface area (Å²) in [7, 11) is 0. The number of hydrogen-bond acceptors (Lipinski definition) is 4. The van der Waals surface area contributed by atoms with Crippen molar-refractivity contribution >= 4 is 11.9 Å². The van der Waals surface area contributed by atoms with E-state index in [1.165, 1.54) is 23.3 Å². The summed E-state index contributed by atoms with van der Waals surface area (Å²) in [4.78, 5) is 36.5. The molecule has 1 aliphatic rings. The van der Waals surface area contributed by atoms with Crippen LogP contribution in [-0.4, -0.2) is 46.1 Å². The third-order valence-corrected chi connectivity index (χ3v) is 3.83. The van der Waals surface area contributed by atoms with Gasteiger partial charge in [-0.25, -0.2) is 0 Å². The van der Waals surface area contributed by atoms with E-state index in [9.17, 15) is 14.4 Å². The molecule has 1 fully saturated rings. The van der Waals surface area contributed by atoms with Crippen molar-refractivity contribution < 1.29 is 19.4 Å². The van der Waals surface area contributed by atoms with Gasteiger partial charge in [-0.1, -0.05) is 0 Å². The Balaban J connectivity index is 1.85. The number of hydrogen-bond donors (Lipinski definition) is 1. The quantitative estimate of drug-likeness (QED) is 0.812. The van der Waals surface area contributed by atoms with E-state index >= 15 is 0 Å². The van der Waals surface area contributed by atoms with Gasteiger partial charge in [0.05, 0.1) is 19.4 Å². The summed E-state index contributed by atoms with van der Waals surface area (Å²) in [6.07, 6.45) is 4.89. The first-order valence-corrected chi connectivity index (χ1v) is 7.90. The number of pyridine rings is 1. The number of piperidine rings is 1. The molecule has 7 heteroatoms. The number of nitrogens with zero attached hydrogens (tertiary/aromatic N) is 2. The van der Waals surface area contributed by atoms with Crippen LogP contribution < -0.4 is 10.3 Å². The minimum Gasteiger partial charge on any atom is -0.487 e. The first-order valence-electron chi connectivity index (χ1n) is 7.90. The molecule has 0 aliphatic carbocycles. The SMILES string of the molecule is O=C(O)CCn1cccc(OCCC(=O)N2CCCCC2)c1=O. The number of carboxylic acid groups (broad SMARTS) is 1. The summed E-state index contributed by atoms with van der Waals surface area (Å²) in [5.41, 5.74) is -0.376. The van der Waals surface area contributed by atoms with Crippen molar-refractivity contribution in [1.29, 1.82) is 0 Å². The molecule has 1 aromatic rings. The smallest absolute Gasteiger partial charge is 0.305 e. The molecule has 0 unspecified atom stereocenters. The van der Waals surface area contributed by atoms with E-state index in [-0.39, 0.29) is 43.2 Å². The standard InChI is InChI=1S/C16H22N2O5/c19-14(17-8-2-1-3-9-17)7-12-23-13-5-4-10-18(16(13)22)11-6-15(20)21/h4-5,10H,1-3,6-9,11-12H2,(H,20,21). The highest BCUT2D eigenvalue weighted by atomic mass is 16.5. The van der Waals surface area contributed by atoms with Crippen molar-refractivity contribution in [2.75, 3.05) is 19.7 Å². The number of ether oxygens (including phenoxy) is 1. The number of amides is 1. The Morgan fingerprint density at radius 3 is 2.61 bits per heavy atom. The number of carboxylic acids is 1. The molecular formula is C16H22N2O5. The second-order valence-corrected chi connectivity index (χ2v) is 5.55. The van der Waals surface area contributed by atoms with Gasteiger partial charge in [-0.2, -0.15) is 0 Å². The van der Waals surface area contributed by atoms with E-state index in [1.807, 2.05) is 4.90 Å². The van der Waals surface area contributed by atoms with Crippen LogP contribution in [0, 0.1) is 0 Å². The Hall–Kier alpha value is -2.31. The molecule has 2 rings (SSSR count). The van der Waals surface area contributed by atoms with Crippen molar-refractivity contribution in [3.05, 3.63) is 28.7 Å². The Kier molecular flexibility index (Phi) is 6.19. The molecule has 23 heavy (non-hydrogen) atoms. The fourth-order valence-electron chi connectivity index (χ4n) is 2.57. The average Bonchev–Trinajstić information content (AvgIpc) is 2.56. The number of aliphatic carboxylic acids is 1. The Labute approximate surface area is 134 Å². The zero-order chi connectivity index (χ0) is 16.7. The lowest BCUT2D eigenvalue weighted by Gasteiger charge is -2.26. The zero-order valence-electron chi connectivity index (χ0n) is 13.1. The summed E-state index contributed by atoms with van der Waals surface area (Å²) >= 11 is 0. The molecule has 1 saturated heterocycles. The molecule has 0 bridgehead atoms. The molecular weight excluding hydrogens is 300 g/mol. The molecule has 0 aromatic carbocycles. The Bertz CT molecular complexity index is 605. The second-order valence-electron chi connectivity index (χ2n) is 5.55. The predicted molar refractivity (Wildman–Crippen MR) is 83.5 cm³/mol. The molecule has 1 aromatic heterocycles. The monoisotopic (exact) mass is 322 g/mol. The van der Waals surface area contributed by atoms with E-state index in [4.69, 9.17) is 9.84 Å². The number of rotatable bonds is 7. The van der Waals surface area contributed by atoms with Gasteiger partial charge in [-0.3, -0.25) is 14.4 Å². The average molecular weight is 322 g/mol. The Morgan fingerprint density at radius 2 is 1.91 bits per heavy atom. The fraction of sp³-hybridized carbons (Fsp3) is 0.562. The molecule has 0 saturated carbocycles. The van der Waals surface area contributed by atoms with E-state index in [0.717, 1.165) is 25.9 Å². The molecule has 0 spiro atoms. The third-order valence-electron chi connectivity index (χ3n) is 3.83. The van der Waals surface area contributed by atoms with Crippen LogP contribution in [0.15, 0.2) is 23.1 Å². The fourth-order valence-corrected chi connectivity index (χ4v) is 2.57. The highest BCUT2D eigenvalue weighted by Gasteiger charge is 2.16. The normalized spacial score (nSPS) is 14.5. The molecule has 0 radical (unpaired) electrons. The first-order chi connectivity index (χ1) is 11.1. The van der Waals surface area contributed by atoms with Crippen molar-refractivity contribution in [3.8, 4) is 5.75 Å². The molecule has 126 valence electrons. The Morgan fingerprint density at radius 1 is 1.17 bits per heavy atom. The number of carbonyl (C=O) groups is 2. The predicted octanol–water partition coefficient (Wildman–Crippen LogP) is 1.10. The van der Waals surface area contributed by atoms with E-state index in [2.05, 4.69) is 0 Å². The van der Waals surface area contributed by atoms with Crippen LogP contribution in [0.2, 0.25) is 0 Å². The largest absolute Gasteiger partial charge is 0.487 e. The maximum absolute atomic E-state index is 12.1. The van der Waals surface area contributed by atoms with E-state index in [1.54, 1.807) is 6.07 Å². The molecule has 7 nitrogen and oxygen atoms in total. The lowest BCUT2D eigenvalue weighted by molar-refractivity contribution is -0.137. The summed E-state index contributed by atoms with van der Waals surface area (Å²) < 4.78 is 6.72. The maximum atomic E-state index is 12.1. The van der Waals surface area contributed by atoms with Crippen LogP contribution in [0.25, 0.3) is 0 Å². The maximum Gasteiger partial charge on any atom is 0.305 e. The zero-order valence-corrected chi connectivity index (χ0v) is 13.1. The van der Waals surface area contributed by atoms with Gasteiger partial charge in [0.15, 0.2) is 5.75 Å².